The normalized spacial score (nSPS) is 15.9. The summed E-state index contributed by atoms with van der Waals surface area (Å²) in [5.41, 5.74) is 4.47. The zero-order valence-corrected chi connectivity index (χ0v) is 22.5. The summed E-state index contributed by atoms with van der Waals surface area (Å²) in [4.78, 5) is 13.6. The average Bonchev–Trinajstić information content (AvgIpc) is 2.99. The minimum atomic E-state index is -0.645. The molecule has 0 unspecified atom stereocenters. The molecule has 1 N–H and O–H groups in total. The largest absolute Gasteiger partial charge is 0.481 e. The number of hydrogen-bond donors (Lipinski definition) is 1. The summed E-state index contributed by atoms with van der Waals surface area (Å²) in [6.45, 7) is 7.27. The number of aromatic nitrogens is 2. The molecule has 0 atom stereocenters. The van der Waals surface area contributed by atoms with Gasteiger partial charge in [-0.15, -0.1) is 0 Å². The second-order valence-electron chi connectivity index (χ2n) is 9.86. The van der Waals surface area contributed by atoms with E-state index in [0.717, 1.165) is 53.0 Å². The van der Waals surface area contributed by atoms with Crippen LogP contribution in [-0.4, -0.2) is 69.7 Å². The lowest BCUT2D eigenvalue weighted by atomic mass is 9.94. The first kappa shape index (κ1) is 26.2. The van der Waals surface area contributed by atoms with Crippen LogP contribution in [0.1, 0.15) is 5.56 Å². The fourth-order valence-electron chi connectivity index (χ4n) is 5.45. The molecule has 10 heteroatoms. The quantitative estimate of drug-likeness (QED) is 0.348. The summed E-state index contributed by atoms with van der Waals surface area (Å²) in [7, 11) is 1.55. The van der Waals surface area contributed by atoms with E-state index in [1.165, 1.54) is 6.07 Å². The van der Waals surface area contributed by atoms with Crippen LogP contribution in [0.3, 0.4) is 0 Å². The molecule has 8 nitrogen and oxygen atoms in total. The monoisotopic (exact) mass is 547 g/mol. The van der Waals surface area contributed by atoms with Crippen molar-refractivity contribution >= 4 is 33.7 Å². The van der Waals surface area contributed by atoms with Gasteiger partial charge in [0.15, 0.2) is 5.82 Å². The number of pyridine rings is 2. The van der Waals surface area contributed by atoms with Gasteiger partial charge >= 0.3 is 0 Å². The maximum absolute atomic E-state index is 15.5. The Morgan fingerprint density at radius 1 is 0.900 bits per heavy atom. The van der Waals surface area contributed by atoms with Crippen LogP contribution in [0.4, 0.5) is 31.7 Å². The SMILES string of the molecule is COc1ncccc1-c1cc2cc(F)cc(F)c2c(Nc2cc(N3CCOCC3)cnc2N2CCOCC2)c1C. The predicted molar refractivity (Wildman–Crippen MR) is 152 cm³/mol. The van der Waals surface area contributed by atoms with E-state index in [4.69, 9.17) is 19.2 Å². The Bertz CT molecular complexity index is 1540. The van der Waals surface area contributed by atoms with E-state index in [1.807, 2.05) is 31.3 Å². The molecule has 0 amide bonds. The van der Waals surface area contributed by atoms with Crippen molar-refractivity contribution in [2.24, 2.45) is 0 Å². The van der Waals surface area contributed by atoms with Gasteiger partial charge in [0.25, 0.3) is 0 Å². The number of methoxy groups -OCH3 is 1. The summed E-state index contributed by atoms with van der Waals surface area (Å²) in [6, 6.07) is 9.80. The molecule has 0 bridgehead atoms. The number of anilines is 4. The van der Waals surface area contributed by atoms with Crippen molar-refractivity contribution < 1.29 is 23.0 Å². The van der Waals surface area contributed by atoms with Gasteiger partial charge in [-0.05, 0) is 53.8 Å². The lowest BCUT2D eigenvalue weighted by molar-refractivity contribution is 0.122. The number of ether oxygens (including phenoxy) is 3. The van der Waals surface area contributed by atoms with Crippen molar-refractivity contribution in [1.82, 2.24) is 9.97 Å². The van der Waals surface area contributed by atoms with E-state index in [-0.39, 0.29) is 0 Å². The number of morpholine rings is 2. The molecule has 4 aromatic rings. The van der Waals surface area contributed by atoms with Gasteiger partial charge in [0.1, 0.15) is 11.6 Å². The van der Waals surface area contributed by atoms with Gasteiger partial charge in [0.05, 0.1) is 56.8 Å². The predicted octanol–water partition coefficient (Wildman–Crippen LogP) is 5.31. The van der Waals surface area contributed by atoms with Gasteiger partial charge in [-0.25, -0.2) is 18.7 Å². The standard InChI is InChI=1S/C30H31F2N5O3/c1-19-24(23-4-3-5-33-30(23)38-2)15-20-14-21(31)16-25(32)27(20)28(19)35-26-17-22(36-6-10-39-11-7-36)18-34-29(26)37-8-12-40-13-9-37/h3-5,14-18,35H,6-13H2,1-2H3. The highest BCUT2D eigenvalue weighted by Gasteiger charge is 2.23. The van der Waals surface area contributed by atoms with Crippen LogP contribution in [0, 0.1) is 18.6 Å². The molecule has 2 saturated heterocycles. The molecule has 2 aromatic heterocycles. The number of nitrogens with one attached hydrogen (secondary N) is 1. The van der Waals surface area contributed by atoms with Crippen LogP contribution in [0.15, 0.2) is 48.8 Å². The third kappa shape index (κ3) is 5.00. The zero-order chi connectivity index (χ0) is 27.6. The molecule has 0 radical (unpaired) electrons. The number of hydrogen-bond acceptors (Lipinski definition) is 8. The molecular formula is C30H31F2N5O3. The highest BCUT2D eigenvalue weighted by molar-refractivity contribution is 6.03. The number of halogens is 2. The number of fused-ring (bicyclic) bond motifs is 1. The fraction of sp³-hybridized carbons (Fsp3) is 0.333. The van der Waals surface area contributed by atoms with Crippen molar-refractivity contribution in [1.29, 1.82) is 0 Å². The van der Waals surface area contributed by atoms with Gasteiger partial charge in [-0.2, -0.15) is 0 Å². The highest BCUT2D eigenvalue weighted by Crippen LogP contribution is 2.42. The van der Waals surface area contributed by atoms with E-state index < -0.39 is 11.6 Å². The smallest absolute Gasteiger partial charge is 0.221 e. The Balaban J connectivity index is 1.54. The molecule has 0 saturated carbocycles. The maximum atomic E-state index is 15.5. The molecule has 2 aliphatic heterocycles. The first-order chi connectivity index (χ1) is 19.5. The molecule has 0 aliphatic carbocycles. The lowest BCUT2D eigenvalue weighted by Gasteiger charge is -2.32. The van der Waals surface area contributed by atoms with Crippen molar-refractivity contribution in [3.63, 3.8) is 0 Å². The van der Waals surface area contributed by atoms with E-state index in [0.29, 0.717) is 61.9 Å². The maximum Gasteiger partial charge on any atom is 0.221 e. The van der Waals surface area contributed by atoms with E-state index in [1.54, 1.807) is 19.4 Å². The molecule has 2 aromatic carbocycles. The Hall–Kier alpha value is -4.02. The zero-order valence-electron chi connectivity index (χ0n) is 22.5. The van der Waals surface area contributed by atoms with Gasteiger partial charge in [0.2, 0.25) is 5.88 Å². The van der Waals surface area contributed by atoms with Gasteiger partial charge in [-0.1, -0.05) is 0 Å². The van der Waals surface area contributed by atoms with Crippen LogP contribution in [0.2, 0.25) is 0 Å². The highest BCUT2D eigenvalue weighted by atomic mass is 19.1. The number of benzene rings is 2. The molecular weight excluding hydrogens is 516 g/mol. The minimum absolute atomic E-state index is 0.301. The van der Waals surface area contributed by atoms with Crippen LogP contribution in [0.25, 0.3) is 21.9 Å². The Morgan fingerprint density at radius 3 is 2.35 bits per heavy atom. The second-order valence-corrected chi connectivity index (χ2v) is 9.86. The molecule has 6 rings (SSSR count). The van der Waals surface area contributed by atoms with Crippen LogP contribution >= 0.6 is 0 Å². The van der Waals surface area contributed by atoms with Crippen LogP contribution in [0.5, 0.6) is 5.88 Å². The molecule has 0 spiro atoms. The van der Waals surface area contributed by atoms with Gasteiger partial charge in [0, 0.05) is 49.4 Å². The summed E-state index contributed by atoms with van der Waals surface area (Å²) >= 11 is 0. The van der Waals surface area contributed by atoms with Crippen molar-refractivity contribution in [2.75, 3.05) is 74.8 Å². The summed E-state index contributed by atoms with van der Waals surface area (Å²) < 4.78 is 46.6. The summed E-state index contributed by atoms with van der Waals surface area (Å²) in [6.07, 6.45) is 3.52. The number of nitrogens with zero attached hydrogens (tertiary/aromatic N) is 4. The molecule has 208 valence electrons. The van der Waals surface area contributed by atoms with Crippen molar-refractivity contribution in [2.45, 2.75) is 6.92 Å². The van der Waals surface area contributed by atoms with E-state index in [2.05, 4.69) is 20.1 Å². The number of rotatable bonds is 6. The van der Waals surface area contributed by atoms with Gasteiger partial charge in [-0.3, -0.25) is 0 Å². The lowest BCUT2D eigenvalue weighted by Crippen LogP contribution is -2.38. The first-order valence-corrected chi connectivity index (χ1v) is 13.4. The average molecular weight is 548 g/mol. The Morgan fingerprint density at radius 2 is 1.62 bits per heavy atom. The van der Waals surface area contributed by atoms with E-state index >= 15 is 4.39 Å². The van der Waals surface area contributed by atoms with Crippen LogP contribution in [-0.2, 0) is 9.47 Å². The van der Waals surface area contributed by atoms with Crippen molar-refractivity contribution in [3.8, 4) is 17.0 Å². The van der Waals surface area contributed by atoms with Crippen molar-refractivity contribution in [3.05, 3.63) is 66.0 Å². The third-order valence-corrected chi connectivity index (χ3v) is 7.47. The fourth-order valence-corrected chi connectivity index (χ4v) is 5.45. The third-order valence-electron chi connectivity index (χ3n) is 7.47. The molecule has 40 heavy (non-hydrogen) atoms. The topological polar surface area (TPSA) is 72.0 Å². The Labute approximate surface area is 231 Å². The molecule has 2 fully saturated rings. The van der Waals surface area contributed by atoms with E-state index in [9.17, 15) is 4.39 Å². The first-order valence-electron chi connectivity index (χ1n) is 13.4. The van der Waals surface area contributed by atoms with Crippen LogP contribution < -0.4 is 19.9 Å². The van der Waals surface area contributed by atoms with Gasteiger partial charge < -0.3 is 29.3 Å². The summed E-state index contributed by atoms with van der Waals surface area (Å²) in [5, 5.41) is 4.27. The summed E-state index contributed by atoms with van der Waals surface area (Å²) in [5.74, 6) is -0.109. The second kappa shape index (κ2) is 11.2. The Kier molecular flexibility index (Phi) is 7.36. The molecule has 4 heterocycles. The minimum Gasteiger partial charge on any atom is -0.481 e. The molecule has 2 aliphatic rings.